The van der Waals surface area contributed by atoms with Gasteiger partial charge in [0.05, 0.1) is 5.92 Å². The maximum absolute atomic E-state index is 12.0. The van der Waals surface area contributed by atoms with E-state index >= 15 is 0 Å². The summed E-state index contributed by atoms with van der Waals surface area (Å²) in [6.07, 6.45) is 4.37. The normalized spacial score (nSPS) is 17.6. The van der Waals surface area contributed by atoms with Gasteiger partial charge in [0.2, 0.25) is 0 Å². The average Bonchev–Trinajstić information content (AvgIpc) is 2.73. The number of fused-ring (bicyclic) bond motifs is 1. The number of Topliss-reactive ketones (excluding diaryl/α,β-unsaturated/α-hetero) is 1. The topological polar surface area (TPSA) is 29.1 Å². The lowest BCUT2D eigenvalue weighted by Crippen LogP contribution is -2.14. The standard InChI is InChI=1S/C14H17NO/c1-2-3-4-9-14(16)12-10-15-13-8-6-5-7-11(12)13/h2,5-8,12,15H,1,3-4,9-10H2. The number of allylic oxidation sites excluding steroid dienone is 1. The van der Waals surface area contributed by atoms with E-state index < -0.39 is 0 Å². The Morgan fingerprint density at radius 2 is 2.31 bits per heavy atom. The molecule has 0 amide bonds. The maximum Gasteiger partial charge on any atom is 0.142 e. The van der Waals surface area contributed by atoms with Crippen LogP contribution in [0.5, 0.6) is 0 Å². The van der Waals surface area contributed by atoms with Gasteiger partial charge in [-0.3, -0.25) is 4.79 Å². The highest BCUT2D eigenvalue weighted by atomic mass is 16.1. The zero-order chi connectivity index (χ0) is 11.4. The number of hydrogen-bond donors (Lipinski definition) is 1. The van der Waals surface area contributed by atoms with Crippen molar-refractivity contribution in [1.82, 2.24) is 0 Å². The van der Waals surface area contributed by atoms with Gasteiger partial charge < -0.3 is 5.32 Å². The highest BCUT2D eigenvalue weighted by Crippen LogP contribution is 2.32. The maximum atomic E-state index is 12.0. The van der Waals surface area contributed by atoms with Crippen LogP contribution in [0.2, 0.25) is 0 Å². The van der Waals surface area contributed by atoms with Crippen LogP contribution in [0.15, 0.2) is 36.9 Å². The molecular formula is C14H17NO. The van der Waals surface area contributed by atoms with Gasteiger partial charge in [0.1, 0.15) is 5.78 Å². The SMILES string of the molecule is C=CCCCC(=O)C1CNc2ccccc21. The number of carbonyl (C=O) groups excluding carboxylic acids is 1. The molecule has 0 bridgehead atoms. The van der Waals surface area contributed by atoms with E-state index in [-0.39, 0.29) is 5.92 Å². The first-order valence-corrected chi connectivity index (χ1v) is 5.79. The Morgan fingerprint density at radius 3 is 3.12 bits per heavy atom. The first-order valence-electron chi connectivity index (χ1n) is 5.79. The summed E-state index contributed by atoms with van der Waals surface area (Å²) in [5.74, 6) is 0.403. The lowest BCUT2D eigenvalue weighted by atomic mass is 9.94. The quantitative estimate of drug-likeness (QED) is 0.604. The molecule has 2 rings (SSSR count). The second kappa shape index (κ2) is 4.97. The molecule has 0 aliphatic carbocycles. The molecule has 0 fully saturated rings. The molecule has 1 aliphatic heterocycles. The van der Waals surface area contributed by atoms with Crippen LogP contribution >= 0.6 is 0 Å². The Kier molecular flexibility index (Phi) is 3.40. The Morgan fingerprint density at radius 1 is 1.50 bits per heavy atom. The van der Waals surface area contributed by atoms with E-state index in [0.29, 0.717) is 12.2 Å². The number of hydrogen-bond acceptors (Lipinski definition) is 2. The van der Waals surface area contributed by atoms with E-state index in [0.717, 1.165) is 30.6 Å². The summed E-state index contributed by atoms with van der Waals surface area (Å²) in [7, 11) is 0. The van der Waals surface area contributed by atoms with Crippen molar-refractivity contribution in [3.05, 3.63) is 42.5 Å². The van der Waals surface area contributed by atoms with Crippen LogP contribution in [0.3, 0.4) is 0 Å². The molecule has 1 atom stereocenters. The van der Waals surface area contributed by atoms with E-state index in [1.807, 2.05) is 30.3 Å². The fraction of sp³-hybridized carbons (Fsp3) is 0.357. The number of ketones is 1. The molecule has 1 aromatic carbocycles. The first-order chi connectivity index (χ1) is 7.83. The lowest BCUT2D eigenvalue weighted by Gasteiger charge is -2.08. The number of nitrogens with one attached hydrogen (secondary N) is 1. The van der Waals surface area contributed by atoms with Crippen molar-refractivity contribution < 1.29 is 4.79 Å². The van der Waals surface area contributed by atoms with E-state index in [4.69, 9.17) is 0 Å². The zero-order valence-corrected chi connectivity index (χ0v) is 9.41. The molecule has 0 saturated heterocycles. The van der Waals surface area contributed by atoms with E-state index in [1.54, 1.807) is 0 Å². The summed E-state index contributed by atoms with van der Waals surface area (Å²) < 4.78 is 0. The van der Waals surface area contributed by atoms with Gasteiger partial charge in [0.25, 0.3) is 0 Å². The first kappa shape index (κ1) is 10.9. The molecule has 1 aromatic rings. The van der Waals surface area contributed by atoms with E-state index in [1.165, 1.54) is 0 Å². The van der Waals surface area contributed by atoms with Gasteiger partial charge >= 0.3 is 0 Å². The Hall–Kier alpha value is -1.57. The fourth-order valence-electron chi connectivity index (χ4n) is 2.17. The molecule has 84 valence electrons. The molecule has 1 aliphatic rings. The number of benzene rings is 1. The average molecular weight is 215 g/mol. The molecule has 2 nitrogen and oxygen atoms in total. The van der Waals surface area contributed by atoms with Crippen molar-refractivity contribution in [1.29, 1.82) is 0 Å². The van der Waals surface area contributed by atoms with Gasteiger partial charge in [0.15, 0.2) is 0 Å². The van der Waals surface area contributed by atoms with Crippen LogP contribution in [-0.4, -0.2) is 12.3 Å². The third-order valence-corrected chi connectivity index (χ3v) is 3.05. The summed E-state index contributed by atoms with van der Waals surface area (Å²) >= 11 is 0. The van der Waals surface area contributed by atoms with Gasteiger partial charge in [-0.1, -0.05) is 24.3 Å². The van der Waals surface area contributed by atoms with E-state index in [9.17, 15) is 4.79 Å². The Bertz CT molecular complexity index is 397. The second-order valence-electron chi connectivity index (χ2n) is 4.17. The second-order valence-corrected chi connectivity index (χ2v) is 4.17. The van der Waals surface area contributed by atoms with Crippen molar-refractivity contribution >= 4 is 11.5 Å². The van der Waals surface area contributed by atoms with Crippen LogP contribution in [0.25, 0.3) is 0 Å². The van der Waals surface area contributed by atoms with Crippen LogP contribution < -0.4 is 5.32 Å². The Labute approximate surface area is 96.4 Å². The molecular weight excluding hydrogens is 198 g/mol. The highest BCUT2D eigenvalue weighted by Gasteiger charge is 2.26. The van der Waals surface area contributed by atoms with Crippen molar-refractivity contribution in [2.24, 2.45) is 0 Å². The summed E-state index contributed by atoms with van der Waals surface area (Å²) in [5.41, 5.74) is 2.27. The van der Waals surface area contributed by atoms with Crippen molar-refractivity contribution in [2.45, 2.75) is 25.2 Å². The van der Waals surface area contributed by atoms with E-state index in [2.05, 4.69) is 11.9 Å². The van der Waals surface area contributed by atoms with Crippen LogP contribution in [0.4, 0.5) is 5.69 Å². The number of para-hydroxylation sites is 1. The largest absolute Gasteiger partial charge is 0.384 e. The lowest BCUT2D eigenvalue weighted by molar-refractivity contribution is -0.120. The van der Waals surface area contributed by atoms with Crippen LogP contribution in [-0.2, 0) is 4.79 Å². The summed E-state index contributed by atoms with van der Waals surface area (Å²) in [4.78, 5) is 12.0. The fourth-order valence-corrected chi connectivity index (χ4v) is 2.17. The van der Waals surface area contributed by atoms with Crippen LogP contribution in [0.1, 0.15) is 30.7 Å². The predicted octanol–water partition coefficient (Wildman–Crippen LogP) is 3.12. The zero-order valence-electron chi connectivity index (χ0n) is 9.41. The molecule has 1 N–H and O–H groups in total. The van der Waals surface area contributed by atoms with Crippen molar-refractivity contribution in [2.75, 3.05) is 11.9 Å². The molecule has 0 spiro atoms. The van der Waals surface area contributed by atoms with Crippen LogP contribution in [0, 0.1) is 0 Å². The minimum Gasteiger partial charge on any atom is -0.384 e. The van der Waals surface area contributed by atoms with Gasteiger partial charge in [-0.15, -0.1) is 6.58 Å². The number of unbranched alkanes of at least 4 members (excludes halogenated alkanes) is 1. The third-order valence-electron chi connectivity index (χ3n) is 3.05. The smallest absolute Gasteiger partial charge is 0.142 e. The minimum absolute atomic E-state index is 0.0565. The predicted molar refractivity (Wildman–Crippen MR) is 66.7 cm³/mol. The molecule has 0 saturated carbocycles. The summed E-state index contributed by atoms with van der Waals surface area (Å²) in [6.45, 7) is 4.42. The van der Waals surface area contributed by atoms with Gasteiger partial charge in [-0.2, -0.15) is 0 Å². The van der Waals surface area contributed by atoms with Gasteiger partial charge in [0, 0.05) is 18.7 Å². The third kappa shape index (κ3) is 2.16. The van der Waals surface area contributed by atoms with Gasteiger partial charge in [-0.05, 0) is 24.5 Å². The summed E-state index contributed by atoms with van der Waals surface area (Å²) in [5, 5.41) is 3.28. The van der Waals surface area contributed by atoms with Gasteiger partial charge in [-0.25, -0.2) is 0 Å². The molecule has 1 unspecified atom stereocenters. The number of rotatable bonds is 5. The Balaban J connectivity index is 2.01. The minimum atomic E-state index is 0.0565. The number of carbonyl (C=O) groups is 1. The van der Waals surface area contributed by atoms with Crippen molar-refractivity contribution in [3.63, 3.8) is 0 Å². The monoisotopic (exact) mass is 215 g/mol. The molecule has 2 heteroatoms. The number of anilines is 1. The van der Waals surface area contributed by atoms with Crippen molar-refractivity contribution in [3.8, 4) is 0 Å². The summed E-state index contributed by atoms with van der Waals surface area (Å²) in [6, 6.07) is 8.07. The molecule has 16 heavy (non-hydrogen) atoms. The molecule has 0 aromatic heterocycles. The molecule has 1 heterocycles. The highest BCUT2D eigenvalue weighted by molar-refractivity contribution is 5.89. The molecule has 0 radical (unpaired) electrons.